The van der Waals surface area contributed by atoms with Gasteiger partial charge in [0.25, 0.3) is 0 Å². The lowest BCUT2D eigenvalue weighted by Crippen LogP contribution is -2.07. The number of benzene rings is 2. The number of aliphatic carboxylic acids is 1. The molecule has 0 aromatic heterocycles. The number of carboxylic acids is 1. The van der Waals surface area contributed by atoms with Crippen molar-refractivity contribution in [3.05, 3.63) is 57.3 Å². The minimum atomic E-state index is -0.918. The molecule has 0 saturated carbocycles. The van der Waals surface area contributed by atoms with Gasteiger partial charge < -0.3 is 15.2 Å². The highest BCUT2D eigenvalue weighted by Gasteiger charge is 2.12. The number of ether oxygens (including phenoxy) is 1. The van der Waals surface area contributed by atoms with Gasteiger partial charge in [-0.3, -0.25) is 9.59 Å². The molecule has 1 amide bonds. The summed E-state index contributed by atoms with van der Waals surface area (Å²) in [5.74, 6) is -1.53. The normalized spacial score (nSPS) is 10.5. The number of rotatable bonds is 7. The van der Waals surface area contributed by atoms with E-state index in [1.807, 2.05) is 0 Å². The van der Waals surface area contributed by atoms with Crippen molar-refractivity contribution in [2.75, 3.05) is 5.32 Å². The quantitative estimate of drug-likeness (QED) is 0.707. The Morgan fingerprint density at radius 3 is 2.35 bits per heavy atom. The van der Waals surface area contributed by atoms with E-state index in [4.69, 9.17) is 33.0 Å². The van der Waals surface area contributed by atoms with Crippen LogP contribution in [-0.4, -0.2) is 17.0 Å². The molecule has 2 N–H and O–H groups in total. The molecule has 2 aromatic carbocycles. The fourth-order valence-corrected chi connectivity index (χ4v) is 2.95. The van der Waals surface area contributed by atoms with Gasteiger partial charge in [-0.15, -0.1) is 0 Å². The Hall–Kier alpha value is -2.31. The van der Waals surface area contributed by atoms with Crippen LogP contribution in [0.1, 0.15) is 24.5 Å². The van der Waals surface area contributed by atoms with Crippen molar-refractivity contribution in [1.29, 1.82) is 0 Å². The second-order valence-corrected chi connectivity index (χ2v) is 6.41. The van der Waals surface area contributed by atoms with Gasteiger partial charge >= 0.3 is 5.97 Å². The first kappa shape index (κ1) is 20.0. The molecule has 0 radical (unpaired) electrons. The van der Waals surface area contributed by atoms with Gasteiger partial charge in [0.1, 0.15) is 12.4 Å². The summed E-state index contributed by atoms with van der Waals surface area (Å²) in [6, 6.07) is 7.21. The molecule has 0 aliphatic carbocycles. The molecule has 0 saturated heterocycles. The molecule has 0 aliphatic heterocycles. The van der Waals surface area contributed by atoms with Gasteiger partial charge in [-0.25, -0.2) is 4.39 Å². The summed E-state index contributed by atoms with van der Waals surface area (Å²) in [6.45, 7) is 1.31. The minimum Gasteiger partial charge on any atom is -0.486 e. The third-order valence-corrected chi connectivity index (χ3v) is 3.91. The minimum absolute atomic E-state index is 0.0156. The molecule has 0 unspecified atom stereocenters. The van der Waals surface area contributed by atoms with Crippen LogP contribution in [-0.2, 0) is 22.6 Å². The van der Waals surface area contributed by atoms with Crippen molar-refractivity contribution in [3.63, 3.8) is 0 Å². The zero-order valence-electron chi connectivity index (χ0n) is 13.8. The van der Waals surface area contributed by atoms with E-state index < -0.39 is 11.8 Å². The highest BCUT2D eigenvalue weighted by atomic mass is 35.5. The van der Waals surface area contributed by atoms with Crippen LogP contribution < -0.4 is 10.1 Å². The van der Waals surface area contributed by atoms with Crippen LogP contribution in [0.15, 0.2) is 30.3 Å². The van der Waals surface area contributed by atoms with E-state index in [-0.39, 0.29) is 34.7 Å². The molecule has 138 valence electrons. The summed E-state index contributed by atoms with van der Waals surface area (Å²) in [5.41, 5.74) is 1.47. The summed E-state index contributed by atoms with van der Waals surface area (Å²) in [6.07, 6.45) is 0.251. The number of nitrogens with one attached hydrogen (secondary N) is 1. The van der Waals surface area contributed by atoms with Crippen LogP contribution in [0, 0.1) is 5.82 Å². The summed E-state index contributed by atoms with van der Waals surface area (Å²) < 4.78 is 19.2. The Kier molecular flexibility index (Phi) is 6.83. The number of amides is 1. The van der Waals surface area contributed by atoms with E-state index in [1.54, 1.807) is 18.2 Å². The van der Waals surface area contributed by atoms with Gasteiger partial charge in [-0.1, -0.05) is 23.2 Å². The van der Waals surface area contributed by atoms with Crippen molar-refractivity contribution in [2.45, 2.75) is 26.4 Å². The first-order valence-corrected chi connectivity index (χ1v) is 8.39. The Balaban J connectivity index is 2.13. The Morgan fingerprint density at radius 2 is 1.77 bits per heavy atom. The van der Waals surface area contributed by atoms with Crippen LogP contribution >= 0.6 is 23.2 Å². The van der Waals surface area contributed by atoms with E-state index in [0.29, 0.717) is 23.2 Å². The van der Waals surface area contributed by atoms with Crippen molar-refractivity contribution in [1.82, 2.24) is 0 Å². The number of hydrogen-bond donors (Lipinski definition) is 2. The zero-order valence-corrected chi connectivity index (χ0v) is 15.3. The first-order valence-electron chi connectivity index (χ1n) is 7.64. The number of hydrogen-bond acceptors (Lipinski definition) is 3. The molecule has 2 rings (SSSR count). The predicted molar refractivity (Wildman–Crippen MR) is 97.5 cm³/mol. The summed E-state index contributed by atoms with van der Waals surface area (Å²) in [7, 11) is 0. The maximum Gasteiger partial charge on any atom is 0.303 e. The van der Waals surface area contributed by atoms with Crippen LogP contribution in [0.3, 0.4) is 0 Å². The molecule has 8 heteroatoms. The highest BCUT2D eigenvalue weighted by Crippen LogP contribution is 2.35. The third kappa shape index (κ3) is 5.89. The Bertz CT molecular complexity index is 819. The number of carbonyl (C=O) groups excluding carboxylic acids is 1. The standard InChI is InChI=1S/C18H16Cl2FNO4/c1-10(23)22-14-5-12(4-13(21)8-14)9-26-18-15(19)6-11(7-16(18)20)2-3-17(24)25/h4-8H,2-3,9H2,1H3,(H,22,23)(H,24,25). The molecule has 0 spiro atoms. The van der Waals surface area contributed by atoms with Crippen LogP contribution in [0.5, 0.6) is 5.75 Å². The summed E-state index contributed by atoms with van der Waals surface area (Å²) in [5, 5.41) is 11.7. The smallest absolute Gasteiger partial charge is 0.303 e. The average molecular weight is 400 g/mol. The van der Waals surface area contributed by atoms with Crippen molar-refractivity contribution in [3.8, 4) is 5.75 Å². The number of carboxylic acid groups (broad SMARTS) is 1. The van der Waals surface area contributed by atoms with Gasteiger partial charge in [0, 0.05) is 19.0 Å². The Morgan fingerprint density at radius 1 is 1.12 bits per heavy atom. The van der Waals surface area contributed by atoms with E-state index in [1.165, 1.54) is 19.1 Å². The highest BCUT2D eigenvalue weighted by molar-refractivity contribution is 6.37. The lowest BCUT2D eigenvalue weighted by molar-refractivity contribution is -0.137. The fourth-order valence-electron chi connectivity index (χ4n) is 2.31. The lowest BCUT2D eigenvalue weighted by atomic mass is 10.1. The molecule has 5 nitrogen and oxygen atoms in total. The maximum atomic E-state index is 13.7. The van der Waals surface area contributed by atoms with E-state index in [9.17, 15) is 14.0 Å². The number of carbonyl (C=O) groups is 2. The predicted octanol–water partition coefficient (Wildman–Crippen LogP) is 4.69. The van der Waals surface area contributed by atoms with Gasteiger partial charge in [-0.2, -0.15) is 0 Å². The molecule has 26 heavy (non-hydrogen) atoms. The average Bonchev–Trinajstić information content (AvgIpc) is 2.50. The molecule has 0 aliphatic rings. The fraction of sp³-hybridized carbons (Fsp3) is 0.222. The second-order valence-electron chi connectivity index (χ2n) is 5.60. The molecular weight excluding hydrogens is 384 g/mol. The van der Waals surface area contributed by atoms with Crippen LogP contribution in [0.2, 0.25) is 10.0 Å². The molecule has 0 heterocycles. The van der Waals surface area contributed by atoms with Crippen LogP contribution in [0.25, 0.3) is 0 Å². The first-order chi connectivity index (χ1) is 12.2. The zero-order chi connectivity index (χ0) is 19.3. The monoisotopic (exact) mass is 399 g/mol. The third-order valence-electron chi connectivity index (χ3n) is 3.35. The van der Waals surface area contributed by atoms with Crippen molar-refractivity contribution >= 4 is 40.8 Å². The van der Waals surface area contributed by atoms with Gasteiger partial charge in [0.15, 0.2) is 5.75 Å². The van der Waals surface area contributed by atoms with E-state index >= 15 is 0 Å². The SMILES string of the molecule is CC(=O)Nc1cc(F)cc(COc2c(Cl)cc(CCC(=O)O)cc2Cl)c1. The lowest BCUT2D eigenvalue weighted by Gasteiger charge is -2.13. The number of halogens is 3. The van der Waals surface area contributed by atoms with Gasteiger partial charge in [-0.05, 0) is 47.9 Å². The maximum absolute atomic E-state index is 13.7. The number of aryl methyl sites for hydroxylation is 1. The molecular formula is C18H16Cl2FNO4. The molecule has 0 bridgehead atoms. The number of anilines is 1. The molecule has 0 fully saturated rings. The molecule has 2 aromatic rings. The largest absolute Gasteiger partial charge is 0.486 e. The molecule has 0 atom stereocenters. The van der Waals surface area contributed by atoms with Crippen LogP contribution in [0.4, 0.5) is 10.1 Å². The summed E-state index contributed by atoms with van der Waals surface area (Å²) in [4.78, 5) is 21.7. The van der Waals surface area contributed by atoms with Gasteiger partial charge in [0.05, 0.1) is 10.0 Å². The second kappa shape index (κ2) is 8.87. The summed E-state index contributed by atoms with van der Waals surface area (Å²) >= 11 is 12.3. The van der Waals surface area contributed by atoms with E-state index in [0.717, 1.165) is 0 Å². The van der Waals surface area contributed by atoms with Gasteiger partial charge in [0.2, 0.25) is 5.91 Å². The topological polar surface area (TPSA) is 75.6 Å². The van der Waals surface area contributed by atoms with Crippen molar-refractivity contribution < 1.29 is 23.8 Å². The van der Waals surface area contributed by atoms with Crippen molar-refractivity contribution in [2.24, 2.45) is 0 Å². The van der Waals surface area contributed by atoms with E-state index in [2.05, 4.69) is 5.32 Å². The Labute approximate surface area is 159 Å².